The number of rotatable bonds is 4. The summed E-state index contributed by atoms with van der Waals surface area (Å²) in [5.41, 5.74) is 8.46. The van der Waals surface area contributed by atoms with E-state index in [-0.39, 0.29) is 30.2 Å². The normalized spacial score (nSPS) is 11.1. The standard InChI is InChI=1S/C17H19N3O.ClH/c1-12-7-5-6-10-14(12)11-15(16(21)20-17(18)19)13-8-3-2-4-9-13;/h2-10,15H,11H2,1H3,(H4,18,19,20,21);1H/t15-;/m1./s1. The highest BCUT2D eigenvalue weighted by Crippen LogP contribution is 2.23. The maximum Gasteiger partial charge on any atom is 0.234 e. The molecule has 0 aliphatic heterocycles. The topological polar surface area (TPSA) is 79.0 Å². The summed E-state index contributed by atoms with van der Waals surface area (Å²) in [5.74, 6) is -0.945. The minimum atomic E-state index is -0.365. The van der Waals surface area contributed by atoms with Gasteiger partial charge in [-0.3, -0.25) is 15.5 Å². The van der Waals surface area contributed by atoms with Crippen LogP contribution in [0.5, 0.6) is 0 Å². The van der Waals surface area contributed by atoms with Crippen molar-refractivity contribution in [2.24, 2.45) is 5.73 Å². The van der Waals surface area contributed by atoms with E-state index in [1.165, 1.54) is 0 Å². The zero-order valence-electron chi connectivity index (χ0n) is 12.4. The molecule has 4 N–H and O–H groups in total. The van der Waals surface area contributed by atoms with Crippen LogP contribution in [0.4, 0.5) is 0 Å². The molecular formula is C17H20ClN3O. The summed E-state index contributed by atoms with van der Waals surface area (Å²) in [7, 11) is 0. The Balaban J connectivity index is 0.00000242. The fraction of sp³-hybridized carbons (Fsp3) is 0.176. The van der Waals surface area contributed by atoms with Crippen LogP contribution in [-0.4, -0.2) is 11.9 Å². The van der Waals surface area contributed by atoms with Crippen LogP contribution in [0.1, 0.15) is 22.6 Å². The van der Waals surface area contributed by atoms with Gasteiger partial charge in [-0.25, -0.2) is 0 Å². The quantitative estimate of drug-likeness (QED) is 0.599. The maximum atomic E-state index is 12.3. The van der Waals surface area contributed by atoms with Crippen molar-refractivity contribution in [3.8, 4) is 0 Å². The molecule has 2 rings (SSSR count). The molecule has 4 nitrogen and oxygen atoms in total. The van der Waals surface area contributed by atoms with Gasteiger partial charge in [0.2, 0.25) is 5.91 Å². The Hall–Kier alpha value is -2.33. The molecule has 1 amide bonds. The lowest BCUT2D eigenvalue weighted by Gasteiger charge is -2.18. The summed E-state index contributed by atoms with van der Waals surface area (Å²) in [6.45, 7) is 2.03. The van der Waals surface area contributed by atoms with Crippen LogP contribution in [0.15, 0.2) is 54.6 Å². The van der Waals surface area contributed by atoms with Crippen molar-refractivity contribution >= 4 is 24.3 Å². The number of guanidine groups is 1. The van der Waals surface area contributed by atoms with Crippen molar-refractivity contribution in [3.63, 3.8) is 0 Å². The SMILES string of the molecule is Cc1ccccc1C[C@@H](C(=O)NC(=N)N)c1ccccc1.Cl. The molecule has 0 aromatic heterocycles. The molecule has 0 heterocycles. The molecule has 0 bridgehead atoms. The van der Waals surface area contributed by atoms with Crippen molar-refractivity contribution < 1.29 is 4.79 Å². The second-order valence-electron chi connectivity index (χ2n) is 5.00. The van der Waals surface area contributed by atoms with Gasteiger partial charge in [0.25, 0.3) is 0 Å². The van der Waals surface area contributed by atoms with Crippen molar-refractivity contribution in [2.75, 3.05) is 0 Å². The lowest BCUT2D eigenvalue weighted by Crippen LogP contribution is -2.39. The molecule has 0 radical (unpaired) electrons. The lowest BCUT2D eigenvalue weighted by molar-refractivity contribution is -0.121. The van der Waals surface area contributed by atoms with E-state index in [0.29, 0.717) is 6.42 Å². The third-order valence-corrected chi connectivity index (χ3v) is 3.46. The summed E-state index contributed by atoms with van der Waals surface area (Å²) in [5, 5.41) is 9.65. The van der Waals surface area contributed by atoms with Gasteiger partial charge >= 0.3 is 0 Å². The highest BCUT2D eigenvalue weighted by atomic mass is 35.5. The van der Waals surface area contributed by atoms with Gasteiger partial charge in [-0.15, -0.1) is 12.4 Å². The number of nitrogens with two attached hydrogens (primary N) is 1. The second-order valence-corrected chi connectivity index (χ2v) is 5.00. The Morgan fingerprint density at radius 3 is 2.32 bits per heavy atom. The zero-order chi connectivity index (χ0) is 15.2. The predicted molar refractivity (Wildman–Crippen MR) is 91.4 cm³/mol. The van der Waals surface area contributed by atoms with Gasteiger partial charge in [-0.1, -0.05) is 54.6 Å². The van der Waals surface area contributed by atoms with Crippen LogP contribution in [0.2, 0.25) is 0 Å². The average Bonchev–Trinajstić information content (AvgIpc) is 2.46. The summed E-state index contributed by atoms with van der Waals surface area (Å²) < 4.78 is 0. The first-order valence-electron chi connectivity index (χ1n) is 6.82. The van der Waals surface area contributed by atoms with Crippen LogP contribution in [0.3, 0.4) is 0 Å². The molecule has 0 saturated carbocycles. The molecule has 0 saturated heterocycles. The van der Waals surface area contributed by atoms with Crippen LogP contribution < -0.4 is 11.1 Å². The number of amides is 1. The molecule has 5 heteroatoms. The molecule has 0 aliphatic rings. The van der Waals surface area contributed by atoms with E-state index < -0.39 is 0 Å². The number of nitrogens with one attached hydrogen (secondary N) is 2. The number of carbonyl (C=O) groups excluding carboxylic acids is 1. The molecule has 1 atom stereocenters. The summed E-state index contributed by atoms with van der Waals surface area (Å²) in [6.07, 6.45) is 0.579. The highest BCUT2D eigenvalue weighted by Gasteiger charge is 2.22. The van der Waals surface area contributed by atoms with Crippen LogP contribution in [-0.2, 0) is 11.2 Å². The van der Waals surface area contributed by atoms with Crippen molar-refractivity contribution in [3.05, 3.63) is 71.3 Å². The van der Waals surface area contributed by atoms with E-state index in [1.807, 2.05) is 61.5 Å². The lowest BCUT2D eigenvalue weighted by atomic mass is 9.89. The van der Waals surface area contributed by atoms with Crippen molar-refractivity contribution in [1.82, 2.24) is 5.32 Å². The molecule has 0 spiro atoms. The number of hydrogen-bond acceptors (Lipinski definition) is 2. The van der Waals surface area contributed by atoms with E-state index in [0.717, 1.165) is 16.7 Å². The fourth-order valence-corrected chi connectivity index (χ4v) is 2.33. The van der Waals surface area contributed by atoms with Gasteiger partial charge in [-0.2, -0.15) is 0 Å². The Morgan fingerprint density at radius 1 is 1.14 bits per heavy atom. The van der Waals surface area contributed by atoms with Gasteiger partial charge in [0.15, 0.2) is 5.96 Å². The molecule has 2 aromatic carbocycles. The van der Waals surface area contributed by atoms with E-state index in [1.54, 1.807) is 0 Å². The molecule has 2 aromatic rings. The summed E-state index contributed by atoms with van der Waals surface area (Å²) in [6, 6.07) is 17.6. The van der Waals surface area contributed by atoms with Gasteiger partial charge in [0.1, 0.15) is 0 Å². The number of benzene rings is 2. The summed E-state index contributed by atoms with van der Waals surface area (Å²) in [4.78, 5) is 12.3. The molecule has 116 valence electrons. The molecule has 0 aliphatic carbocycles. The third-order valence-electron chi connectivity index (χ3n) is 3.46. The molecule has 0 unspecified atom stereocenters. The Labute approximate surface area is 136 Å². The molecule has 0 fully saturated rings. The number of hydrogen-bond donors (Lipinski definition) is 3. The third kappa shape index (κ3) is 4.60. The first kappa shape index (κ1) is 17.7. The maximum absolute atomic E-state index is 12.3. The van der Waals surface area contributed by atoms with Crippen molar-refractivity contribution in [2.45, 2.75) is 19.3 Å². The largest absolute Gasteiger partial charge is 0.370 e. The van der Waals surface area contributed by atoms with Crippen molar-refractivity contribution in [1.29, 1.82) is 5.41 Å². The Bertz CT molecular complexity index is 643. The first-order valence-corrected chi connectivity index (χ1v) is 6.82. The molecular weight excluding hydrogens is 298 g/mol. The van der Waals surface area contributed by atoms with Gasteiger partial charge in [0, 0.05) is 0 Å². The predicted octanol–water partition coefficient (Wildman–Crippen LogP) is 2.75. The number of aryl methyl sites for hydroxylation is 1. The van der Waals surface area contributed by atoms with E-state index in [9.17, 15) is 4.79 Å². The van der Waals surface area contributed by atoms with Gasteiger partial charge in [-0.05, 0) is 30.0 Å². The van der Waals surface area contributed by atoms with Crippen LogP contribution in [0.25, 0.3) is 0 Å². The van der Waals surface area contributed by atoms with Crippen LogP contribution in [0, 0.1) is 12.3 Å². The highest BCUT2D eigenvalue weighted by molar-refractivity contribution is 5.98. The Morgan fingerprint density at radius 2 is 1.73 bits per heavy atom. The van der Waals surface area contributed by atoms with E-state index in [4.69, 9.17) is 11.1 Å². The monoisotopic (exact) mass is 317 g/mol. The van der Waals surface area contributed by atoms with Crippen LogP contribution >= 0.6 is 12.4 Å². The number of carbonyl (C=O) groups is 1. The first-order chi connectivity index (χ1) is 10.1. The Kier molecular flexibility index (Phi) is 6.60. The second kappa shape index (κ2) is 8.20. The van der Waals surface area contributed by atoms with Gasteiger partial charge in [0.05, 0.1) is 5.92 Å². The van der Waals surface area contributed by atoms with Gasteiger partial charge < -0.3 is 5.73 Å². The molecule has 22 heavy (non-hydrogen) atoms. The van der Waals surface area contributed by atoms with E-state index in [2.05, 4.69) is 5.32 Å². The summed E-state index contributed by atoms with van der Waals surface area (Å²) >= 11 is 0. The smallest absolute Gasteiger partial charge is 0.234 e. The zero-order valence-corrected chi connectivity index (χ0v) is 13.2. The number of halogens is 1. The minimum absolute atomic E-state index is 0. The van der Waals surface area contributed by atoms with E-state index >= 15 is 0 Å². The average molecular weight is 318 g/mol. The fourth-order valence-electron chi connectivity index (χ4n) is 2.33. The minimum Gasteiger partial charge on any atom is -0.370 e.